The molecule has 1 aromatic heterocycles. The van der Waals surface area contributed by atoms with Gasteiger partial charge in [-0.2, -0.15) is 0 Å². The van der Waals surface area contributed by atoms with Gasteiger partial charge < -0.3 is 5.11 Å². The van der Waals surface area contributed by atoms with E-state index in [2.05, 4.69) is 34.6 Å². The molecule has 0 fully saturated rings. The number of carbonyl (C=O) groups is 1. The van der Waals surface area contributed by atoms with Gasteiger partial charge in [0.05, 0.1) is 12.1 Å². The zero-order valence-corrected chi connectivity index (χ0v) is 18.3. The Hall–Kier alpha value is -3.08. The largest absolute Gasteiger partial charge is 0.478 e. The van der Waals surface area contributed by atoms with Gasteiger partial charge in [-0.25, -0.2) is 9.59 Å². The predicted octanol–water partition coefficient (Wildman–Crippen LogP) is 5.02. The molecular weight excluding hydrogens is 376 g/mol. The van der Waals surface area contributed by atoms with Crippen LogP contribution in [0.5, 0.6) is 0 Å². The average Bonchev–Trinajstić information content (AvgIpc) is 2.98. The van der Waals surface area contributed by atoms with Crippen molar-refractivity contribution in [1.82, 2.24) is 9.13 Å². The molecule has 3 rings (SSSR count). The van der Waals surface area contributed by atoms with E-state index in [1.54, 1.807) is 12.1 Å². The zero-order valence-electron chi connectivity index (χ0n) is 18.3. The first-order chi connectivity index (χ1) is 14.1. The third-order valence-corrected chi connectivity index (χ3v) is 5.14. The predicted molar refractivity (Wildman–Crippen MR) is 120 cm³/mol. The topological polar surface area (TPSA) is 64.2 Å². The third kappa shape index (κ3) is 4.56. The van der Waals surface area contributed by atoms with E-state index in [-0.39, 0.29) is 16.7 Å². The summed E-state index contributed by atoms with van der Waals surface area (Å²) in [6.07, 6.45) is 1.99. The zero-order chi connectivity index (χ0) is 22.1. The summed E-state index contributed by atoms with van der Waals surface area (Å²) in [7, 11) is 0. The maximum absolute atomic E-state index is 13.0. The molecule has 0 aliphatic heterocycles. The number of rotatable bonds is 6. The van der Waals surface area contributed by atoms with Gasteiger partial charge in [-0.3, -0.25) is 9.13 Å². The van der Waals surface area contributed by atoms with Gasteiger partial charge in [0.25, 0.3) is 0 Å². The van der Waals surface area contributed by atoms with Gasteiger partial charge in [-0.1, -0.05) is 77.1 Å². The molecule has 1 N–H and O–H groups in total. The number of imidazole rings is 1. The molecule has 5 nitrogen and oxygen atoms in total. The van der Waals surface area contributed by atoms with Crippen molar-refractivity contribution in [2.24, 2.45) is 5.92 Å². The molecule has 5 heteroatoms. The molecule has 30 heavy (non-hydrogen) atoms. The molecule has 2 aromatic carbocycles. The van der Waals surface area contributed by atoms with Gasteiger partial charge in [0.2, 0.25) is 0 Å². The molecule has 0 spiro atoms. The fourth-order valence-electron chi connectivity index (χ4n) is 3.70. The lowest BCUT2D eigenvalue weighted by Crippen LogP contribution is -2.29. The summed E-state index contributed by atoms with van der Waals surface area (Å²) < 4.78 is 3.66. The van der Waals surface area contributed by atoms with Crippen molar-refractivity contribution in [3.05, 3.63) is 82.0 Å². The first-order valence-electron chi connectivity index (χ1n) is 10.3. The highest BCUT2D eigenvalue weighted by Gasteiger charge is 2.23. The quantitative estimate of drug-likeness (QED) is 0.625. The fraction of sp³-hybridized carbons (Fsp3) is 0.360. The summed E-state index contributed by atoms with van der Waals surface area (Å²) in [6, 6.07) is 14.8. The number of aromatic carboxylic acids is 1. The first-order valence-corrected chi connectivity index (χ1v) is 10.3. The van der Waals surface area contributed by atoms with E-state index in [0.29, 0.717) is 24.6 Å². The molecule has 0 aliphatic rings. The number of carboxylic acids is 1. The van der Waals surface area contributed by atoms with Crippen molar-refractivity contribution in [2.75, 3.05) is 0 Å². The normalized spacial score (nSPS) is 11.8. The Labute approximate surface area is 177 Å². The molecule has 1 heterocycles. The van der Waals surface area contributed by atoms with E-state index >= 15 is 0 Å². The summed E-state index contributed by atoms with van der Waals surface area (Å²) in [4.78, 5) is 24.6. The minimum Gasteiger partial charge on any atom is -0.478 e. The van der Waals surface area contributed by atoms with Gasteiger partial charge in [-0.05, 0) is 28.7 Å². The van der Waals surface area contributed by atoms with E-state index in [0.717, 1.165) is 16.8 Å². The number of carboxylic acid groups (broad SMARTS) is 1. The Morgan fingerprint density at radius 2 is 1.67 bits per heavy atom. The van der Waals surface area contributed by atoms with Crippen molar-refractivity contribution in [1.29, 1.82) is 0 Å². The number of benzene rings is 2. The third-order valence-electron chi connectivity index (χ3n) is 5.14. The molecule has 0 aliphatic carbocycles. The molecule has 0 radical (unpaired) electrons. The Morgan fingerprint density at radius 1 is 1.03 bits per heavy atom. The second-order valence-corrected chi connectivity index (χ2v) is 9.23. The van der Waals surface area contributed by atoms with Crippen molar-refractivity contribution >= 4 is 5.97 Å². The second kappa shape index (κ2) is 8.34. The van der Waals surface area contributed by atoms with Crippen LogP contribution in [0.2, 0.25) is 0 Å². The maximum Gasteiger partial charge on any atom is 0.336 e. The number of hydrogen-bond acceptors (Lipinski definition) is 2. The van der Waals surface area contributed by atoms with Crippen LogP contribution in [-0.4, -0.2) is 20.2 Å². The van der Waals surface area contributed by atoms with E-state index in [1.165, 1.54) is 0 Å². The second-order valence-electron chi connectivity index (χ2n) is 9.23. The van der Waals surface area contributed by atoms with Crippen molar-refractivity contribution in [2.45, 2.75) is 53.1 Å². The smallest absolute Gasteiger partial charge is 0.336 e. The van der Waals surface area contributed by atoms with Crippen molar-refractivity contribution < 1.29 is 9.90 Å². The molecule has 0 amide bonds. The van der Waals surface area contributed by atoms with Crippen LogP contribution in [0, 0.1) is 5.92 Å². The molecule has 0 bridgehead atoms. The van der Waals surface area contributed by atoms with Crippen LogP contribution in [0.15, 0.2) is 59.5 Å². The monoisotopic (exact) mass is 406 g/mol. The number of aromatic nitrogens is 2. The lowest BCUT2D eigenvalue weighted by atomic mass is 9.92. The minimum atomic E-state index is -0.942. The molecule has 158 valence electrons. The molecule has 3 aromatic rings. The highest BCUT2D eigenvalue weighted by molar-refractivity contribution is 5.95. The average molecular weight is 407 g/mol. The van der Waals surface area contributed by atoms with Gasteiger partial charge in [-0.15, -0.1) is 0 Å². The number of nitrogens with zero attached hydrogens (tertiary/aromatic N) is 2. The highest BCUT2D eigenvalue weighted by atomic mass is 16.4. The van der Waals surface area contributed by atoms with Crippen LogP contribution >= 0.6 is 0 Å². The van der Waals surface area contributed by atoms with Gasteiger partial charge in [0.1, 0.15) is 0 Å². The van der Waals surface area contributed by atoms with Gasteiger partial charge in [0.15, 0.2) is 0 Å². The van der Waals surface area contributed by atoms with Gasteiger partial charge in [0, 0.05) is 23.9 Å². The SMILES string of the molecule is CC(C)Cn1cc(C(C)(C)C)n(Cc2ccc(-c3ccccc3C(=O)O)cc2)c1=O. The molecule has 0 unspecified atom stereocenters. The van der Waals surface area contributed by atoms with Crippen LogP contribution in [0.1, 0.15) is 56.2 Å². The van der Waals surface area contributed by atoms with Crippen molar-refractivity contribution in [3.63, 3.8) is 0 Å². The van der Waals surface area contributed by atoms with Crippen molar-refractivity contribution in [3.8, 4) is 11.1 Å². The van der Waals surface area contributed by atoms with E-state index < -0.39 is 5.97 Å². The van der Waals surface area contributed by atoms with E-state index in [4.69, 9.17) is 0 Å². The van der Waals surface area contributed by atoms with Crippen LogP contribution in [-0.2, 0) is 18.5 Å². The summed E-state index contributed by atoms with van der Waals surface area (Å²) >= 11 is 0. The Morgan fingerprint density at radius 3 is 2.23 bits per heavy atom. The number of hydrogen-bond donors (Lipinski definition) is 1. The van der Waals surface area contributed by atoms with Gasteiger partial charge >= 0.3 is 11.7 Å². The summed E-state index contributed by atoms with van der Waals surface area (Å²) in [5.41, 5.74) is 3.68. The molecule has 0 atom stereocenters. The van der Waals surface area contributed by atoms with Crippen LogP contribution in [0.25, 0.3) is 11.1 Å². The summed E-state index contributed by atoms with van der Waals surface area (Å²) in [6.45, 7) is 11.7. The minimum absolute atomic E-state index is 0.00826. The lowest BCUT2D eigenvalue weighted by molar-refractivity contribution is 0.0697. The fourth-order valence-corrected chi connectivity index (χ4v) is 3.70. The Kier molecular flexibility index (Phi) is 6.01. The highest BCUT2D eigenvalue weighted by Crippen LogP contribution is 2.26. The summed E-state index contributed by atoms with van der Waals surface area (Å²) in [5.74, 6) is -0.553. The lowest BCUT2D eigenvalue weighted by Gasteiger charge is -2.20. The standard InChI is InChI=1S/C25H30N2O3/c1-17(2)14-26-16-22(25(3,4)5)27(24(26)30)15-18-10-12-19(13-11-18)20-8-6-7-9-21(20)23(28)29/h6-13,16-17H,14-15H2,1-5H3,(H,28,29). The maximum atomic E-state index is 13.0. The Bertz CT molecular complexity index is 1100. The summed E-state index contributed by atoms with van der Waals surface area (Å²) in [5, 5.41) is 9.44. The molecule has 0 saturated carbocycles. The van der Waals surface area contributed by atoms with Crippen LogP contribution in [0.4, 0.5) is 0 Å². The Balaban J connectivity index is 1.96. The molecule has 0 saturated heterocycles. The van der Waals surface area contributed by atoms with Crippen LogP contribution in [0.3, 0.4) is 0 Å². The van der Waals surface area contributed by atoms with Crippen LogP contribution < -0.4 is 5.69 Å². The van der Waals surface area contributed by atoms with E-state index in [1.807, 2.05) is 51.7 Å². The first kappa shape index (κ1) is 21.6. The molecular formula is C25H30N2O3. The van der Waals surface area contributed by atoms with E-state index in [9.17, 15) is 14.7 Å².